The quantitative estimate of drug-likeness (QED) is 0.903. The van der Waals surface area contributed by atoms with Crippen LogP contribution in [-0.4, -0.2) is 31.5 Å². The molecule has 0 radical (unpaired) electrons. The second-order valence-corrected chi connectivity index (χ2v) is 5.09. The minimum Gasteiger partial charge on any atom is -0.483 e. The van der Waals surface area contributed by atoms with Crippen LogP contribution in [0, 0.1) is 27.7 Å². The maximum atomic E-state index is 11.6. The van der Waals surface area contributed by atoms with Crippen molar-refractivity contribution in [1.82, 2.24) is 4.90 Å². The molecule has 4 heteroatoms. The van der Waals surface area contributed by atoms with Crippen LogP contribution in [0.25, 0.3) is 0 Å². The predicted molar refractivity (Wildman–Crippen MR) is 77.5 cm³/mol. The summed E-state index contributed by atoms with van der Waals surface area (Å²) in [4.78, 5) is 13.1. The normalized spacial score (nSPS) is 10.5. The van der Waals surface area contributed by atoms with Gasteiger partial charge in [0, 0.05) is 20.6 Å². The Balaban J connectivity index is 3.12. The highest BCUT2D eigenvalue weighted by atomic mass is 16.5. The molecule has 0 aliphatic rings. The first-order valence-corrected chi connectivity index (χ1v) is 6.43. The van der Waals surface area contributed by atoms with Gasteiger partial charge in [0.2, 0.25) is 0 Å². The van der Waals surface area contributed by atoms with E-state index in [2.05, 4.69) is 0 Å². The number of carbonyl (C=O) groups is 1. The van der Waals surface area contributed by atoms with Crippen molar-refractivity contribution in [2.75, 3.05) is 20.7 Å². The van der Waals surface area contributed by atoms with Crippen molar-refractivity contribution in [3.8, 4) is 5.75 Å². The zero-order valence-corrected chi connectivity index (χ0v) is 12.8. The minimum absolute atomic E-state index is 0.0444. The van der Waals surface area contributed by atoms with Crippen LogP contribution in [0.4, 0.5) is 0 Å². The van der Waals surface area contributed by atoms with Crippen molar-refractivity contribution in [3.63, 3.8) is 0 Å². The molecule has 1 aromatic carbocycles. The minimum atomic E-state index is -0.0444. The molecule has 0 fully saturated rings. The maximum Gasteiger partial charge on any atom is 0.259 e. The summed E-state index contributed by atoms with van der Waals surface area (Å²) in [6, 6.07) is 0. The van der Waals surface area contributed by atoms with Gasteiger partial charge in [0.15, 0.2) is 6.61 Å². The lowest BCUT2D eigenvalue weighted by molar-refractivity contribution is -0.130. The number of carbonyl (C=O) groups excluding carboxylic acids is 1. The monoisotopic (exact) mass is 264 g/mol. The smallest absolute Gasteiger partial charge is 0.259 e. The standard InChI is InChI=1S/C15H24N2O2/c1-9-11(3)15(19-8-14(18)17(5)6)12(4)10(2)13(9)7-16/h7-8,16H2,1-6H3. The van der Waals surface area contributed by atoms with E-state index in [1.54, 1.807) is 14.1 Å². The lowest BCUT2D eigenvalue weighted by atomic mass is 9.93. The summed E-state index contributed by atoms with van der Waals surface area (Å²) in [6.45, 7) is 8.70. The van der Waals surface area contributed by atoms with E-state index < -0.39 is 0 Å². The molecule has 0 unspecified atom stereocenters. The Labute approximate surface area is 115 Å². The van der Waals surface area contributed by atoms with Gasteiger partial charge >= 0.3 is 0 Å². The average Bonchev–Trinajstić information content (AvgIpc) is 2.36. The fourth-order valence-electron chi connectivity index (χ4n) is 2.14. The Morgan fingerprint density at radius 2 is 1.53 bits per heavy atom. The van der Waals surface area contributed by atoms with E-state index in [1.807, 2.05) is 27.7 Å². The molecule has 106 valence electrons. The summed E-state index contributed by atoms with van der Waals surface area (Å²) >= 11 is 0. The molecular weight excluding hydrogens is 240 g/mol. The summed E-state index contributed by atoms with van der Waals surface area (Å²) in [7, 11) is 3.44. The van der Waals surface area contributed by atoms with Crippen molar-refractivity contribution in [3.05, 3.63) is 27.8 Å². The zero-order valence-electron chi connectivity index (χ0n) is 12.8. The highest BCUT2D eigenvalue weighted by Gasteiger charge is 2.16. The summed E-state index contributed by atoms with van der Waals surface area (Å²) < 4.78 is 5.72. The fraction of sp³-hybridized carbons (Fsp3) is 0.533. The van der Waals surface area contributed by atoms with Gasteiger partial charge in [-0.05, 0) is 55.5 Å². The van der Waals surface area contributed by atoms with Crippen LogP contribution in [0.5, 0.6) is 5.75 Å². The molecular formula is C15H24N2O2. The first-order valence-electron chi connectivity index (χ1n) is 6.43. The third kappa shape index (κ3) is 3.07. The van der Waals surface area contributed by atoms with Gasteiger partial charge < -0.3 is 15.4 Å². The Kier molecular flexibility index (Phi) is 4.95. The number of amides is 1. The van der Waals surface area contributed by atoms with Gasteiger partial charge in [0.25, 0.3) is 5.91 Å². The molecule has 0 atom stereocenters. The van der Waals surface area contributed by atoms with Crippen molar-refractivity contribution in [1.29, 1.82) is 0 Å². The highest BCUT2D eigenvalue weighted by Crippen LogP contribution is 2.32. The predicted octanol–water partition coefficient (Wildman–Crippen LogP) is 1.85. The zero-order chi connectivity index (χ0) is 14.7. The summed E-state index contributed by atoms with van der Waals surface area (Å²) in [6.07, 6.45) is 0. The molecule has 0 aromatic heterocycles. The number of rotatable bonds is 4. The Hall–Kier alpha value is -1.55. The van der Waals surface area contributed by atoms with Crippen molar-refractivity contribution in [2.45, 2.75) is 34.2 Å². The molecule has 4 nitrogen and oxygen atoms in total. The largest absolute Gasteiger partial charge is 0.483 e. The van der Waals surface area contributed by atoms with Gasteiger partial charge in [-0.25, -0.2) is 0 Å². The van der Waals surface area contributed by atoms with Gasteiger partial charge in [-0.1, -0.05) is 0 Å². The van der Waals surface area contributed by atoms with Crippen molar-refractivity contribution in [2.24, 2.45) is 5.73 Å². The van der Waals surface area contributed by atoms with Crippen LogP contribution >= 0.6 is 0 Å². The van der Waals surface area contributed by atoms with Gasteiger partial charge in [-0.3, -0.25) is 4.79 Å². The van der Waals surface area contributed by atoms with E-state index in [9.17, 15) is 4.79 Å². The molecule has 0 heterocycles. The third-order valence-electron chi connectivity index (χ3n) is 3.75. The lowest BCUT2D eigenvalue weighted by Gasteiger charge is -2.20. The average molecular weight is 264 g/mol. The molecule has 19 heavy (non-hydrogen) atoms. The Bertz CT molecular complexity index is 464. The van der Waals surface area contributed by atoms with Crippen LogP contribution in [0.15, 0.2) is 0 Å². The van der Waals surface area contributed by atoms with E-state index in [1.165, 1.54) is 10.5 Å². The molecule has 1 amide bonds. The molecule has 1 aromatic rings. The number of benzene rings is 1. The first-order chi connectivity index (χ1) is 8.81. The van der Waals surface area contributed by atoms with Crippen molar-refractivity contribution >= 4 is 5.91 Å². The number of ether oxygens (including phenoxy) is 1. The first kappa shape index (κ1) is 15.5. The molecule has 0 aliphatic heterocycles. The number of likely N-dealkylation sites (N-methyl/N-ethyl adjacent to an activating group) is 1. The van der Waals surface area contributed by atoms with E-state index in [-0.39, 0.29) is 12.5 Å². The molecule has 2 N–H and O–H groups in total. The summed E-state index contributed by atoms with van der Waals surface area (Å²) in [5, 5.41) is 0. The van der Waals surface area contributed by atoms with Crippen LogP contribution in [-0.2, 0) is 11.3 Å². The number of hydrogen-bond acceptors (Lipinski definition) is 3. The summed E-state index contributed by atoms with van der Waals surface area (Å²) in [5.74, 6) is 0.763. The van der Waals surface area contributed by atoms with Gasteiger partial charge in [-0.2, -0.15) is 0 Å². The molecule has 0 spiro atoms. The van der Waals surface area contributed by atoms with Crippen LogP contribution in [0.3, 0.4) is 0 Å². The molecule has 0 bridgehead atoms. The highest BCUT2D eigenvalue weighted by molar-refractivity contribution is 5.77. The second-order valence-electron chi connectivity index (χ2n) is 5.09. The lowest BCUT2D eigenvalue weighted by Crippen LogP contribution is -2.28. The number of nitrogens with zero attached hydrogens (tertiary/aromatic N) is 1. The van der Waals surface area contributed by atoms with Crippen LogP contribution in [0.2, 0.25) is 0 Å². The van der Waals surface area contributed by atoms with E-state index >= 15 is 0 Å². The second kappa shape index (κ2) is 6.06. The summed E-state index contributed by atoms with van der Waals surface area (Å²) in [5.41, 5.74) is 11.4. The maximum absolute atomic E-state index is 11.6. The van der Waals surface area contributed by atoms with E-state index in [0.717, 1.165) is 28.0 Å². The van der Waals surface area contributed by atoms with Crippen molar-refractivity contribution < 1.29 is 9.53 Å². The van der Waals surface area contributed by atoms with Gasteiger partial charge in [0.05, 0.1) is 0 Å². The fourth-order valence-corrected chi connectivity index (χ4v) is 2.14. The third-order valence-corrected chi connectivity index (χ3v) is 3.75. The molecule has 0 aliphatic carbocycles. The molecule has 0 saturated carbocycles. The van der Waals surface area contributed by atoms with E-state index in [0.29, 0.717) is 6.54 Å². The Morgan fingerprint density at radius 3 is 1.89 bits per heavy atom. The number of nitrogens with two attached hydrogens (primary N) is 1. The topological polar surface area (TPSA) is 55.6 Å². The molecule has 0 saturated heterocycles. The SMILES string of the molecule is Cc1c(C)c(OCC(=O)N(C)C)c(C)c(C)c1CN. The molecule has 1 rings (SSSR count). The Morgan fingerprint density at radius 1 is 1.05 bits per heavy atom. The number of hydrogen-bond donors (Lipinski definition) is 1. The van der Waals surface area contributed by atoms with Gasteiger partial charge in [-0.15, -0.1) is 0 Å². The van der Waals surface area contributed by atoms with E-state index in [4.69, 9.17) is 10.5 Å². The van der Waals surface area contributed by atoms with Crippen LogP contribution < -0.4 is 10.5 Å². The van der Waals surface area contributed by atoms with Gasteiger partial charge in [0.1, 0.15) is 5.75 Å². The van der Waals surface area contributed by atoms with Crippen LogP contribution in [0.1, 0.15) is 27.8 Å².